The van der Waals surface area contributed by atoms with Crippen molar-refractivity contribution in [2.75, 3.05) is 44.7 Å². The summed E-state index contributed by atoms with van der Waals surface area (Å²) in [4.78, 5) is 7.97. The summed E-state index contributed by atoms with van der Waals surface area (Å²) in [6.45, 7) is 3.91. The maximum atomic E-state index is 12.4. The van der Waals surface area contributed by atoms with Gasteiger partial charge in [0, 0.05) is 38.9 Å². The molecule has 2 rings (SSSR count). The summed E-state index contributed by atoms with van der Waals surface area (Å²) in [5.74, 6) is 0.876. The number of piperazine rings is 1. The molecule has 1 N–H and O–H groups in total. The molecule has 0 radical (unpaired) electrons. The van der Waals surface area contributed by atoms with Gasteiger partial charge in [-0.2, -0.15) is 13.2 Å². The summed E-state index contributed by atoms with van der Waals surface area (Å²) >= 11 is 0. The highest BCUT2D eigenvalue weighted by Crippen LogP contribution is 2.22. The second-order valence-electron chi connectivity index (χ2n) is 5.39. The number of rotatable bonds is 4. The monoisotopic (exact) mass is 302 g/mol. The number of aryl methyl sites for hydroxylation is 1. The van der Waals surface area contributed by atoms with E-state index in [4.69, 9.17) is 0 Å². The molecule has 0 spiro atoms. The molecule has 1 saturated heterocycles. The summed E-state index contributed by atoms with van der Waals surface area (Å²) in [6, 6.07) is 2.07. The SMILES string of the molecule is CNCc1cnc(N2CCN(CC(F)(F)F)CC2)c(C)c1. The van der Waals surface area contributed by atoms with E-state index >= 15 is 0 Å². The van der Waals surface area contributed by atoms with Crippen LogP contribution in [0.5, 0.6) is 0 Å². The molecule has 0 aliphatic carbocycles. The van der Waals surface area contributed by atoms with Crippen molar-refractivity contribution in [3.8, 4) is 0 Å². The van der Waals surface area contributed by atoms with Crippen molar-refractivity contribution in [3.63, 3.8) is 0 Å². The van der Waals surface area contributed by atoms with Crippen LogP contribution in [0.15, 0.2) is 12.3 Å². The maximum absolute atomic E-state index is 12.4. The highest BCUT2D eigenvalue weighted by Gasteiger charge is 2.32. The maximum Gasteiger partial charge on any atom is 0.401 e. The number of alkyl halides is 3. The number of nitrogens with one attached hydrogen (secondary N) is 1. The van der Waals surface area contributed by atoms with Crippen LogP contribution < -0.4 is 10.2 Å². The first-order valence-corrected chi connectivity index (χ1v) is 7.03. The van der Waals surface area contributed by atoms with Crippen LogP contribution in [0.4, 0.5) is 19.0 Å². The van der Waals surface area contributed by atoms with Gasteiger partial charge in [-0.15, -0.1) is 0 Å². The summed E-state index contributed by atoms with van der Waals surface area (Å²) < 4.78 is 37.1. The van der Waals surface area contributed by atoms with Crippen LogP contribution in [0.2, 0.25) is 0 Å². The molecular formula is C14H21F3N4. The smallest absolute Gasteiger partial charge is 0.354 e. The van der Waals surface area contributed by atoms with Crippen molar-refractivity contribution < 1.29 is 13.2 Å². The standard InChI is InChI=1S/C14H21F3N4/c1-11-7-12(8-18-2)9-19-13(11)21-5-3-20(4-6-21)10-14(15,16)17/h7,9,18H,3-6,8,10H2,1-2H3. The van der Waals surface area contributed by atoms with Crippen molar-refractivity contribution in [2.45, 2.75) is 19.6 Å². The van der Waals surface area contributed by atoms with Crippen LogP contribution in [-0.2, 0) is 6.54 Å². The van der Waals surface area contributed by atoms with Crippen molar-refractivity contribution in [1.29, 1.82) is 0 Å². The van der Waals surface area contributed by atoms with Gasteiger partial charge in [-0.25, -0.2) is 4.98 Å². The molecule has 1 aromatic heterocycles. The van der Waals surface area contributed by atoms with Crippen LogP contribution in [0.3, 0.4) is 0 Å². The first kappa shape index (κ1) is 16.0. The number of anilines is 1. The Labute approximate surface area is 122 Å². The minimum absolute atomic E-state index is 0.416. The van der Waals surface area contributed by atoms with Gasteiger partial charge in [-0.3, -0.25) is 4.90 Å². The topological polar surface area (TPSA) is 31.4 Å². The molecule has 0 amide bonds. The number of pyridine rings is 1. The lowest BCUT2D eigenvalue weighted by molar-refractivity contribution is -0.146. The number of hydrogen-bond acceptors (Lipinski definition) is 4. The van der Waals surface area contributed by atoms with E-state index < -0.39 is 12.7 Å². The zero-order chi connectivity index (χ0) is 15.5. The quantitative estimate of drug-likeness (QED) is 0.919. The predicted molar refractivity (Wildman–Crippen MR) is 76.4 cm³/mol. The Morgan fingerprint density at radius 2 is 1.90 bits per heavy atom. The Bertz CT molecular complexity index is 468. The van der Waals surface area contributed by atoms with E-state index in [0.29, 0.717) is 26.2 Å². The van der Waals surface area contributed by atoms with Crippen LogP contribution in [0.25, 0.3) is 0 Å². The zero-order valence-electron chi connectivity index (χ0n) is 12.4. The molecule has 1 aliphatic rings. The van der Waals surface area contributed by atoms with Gasteiger partial charge in [0.25, 0.3) is 0 Å². The van der Waals surface area contributed by atoms with Gasteiger partial charge in [0.15, 0.2) is 0 Å². The highest BCUT2D eigenvalue weighted by atomic mass is 19.4. The molecule has 1 fully saturated rings. The Morgan fingerprint density at radius 3 is 2.43 bits per heavy atom. The third-order valence-corrected chi connectivity index (χ3v) is 3.56. The fourth-order valence-corrected chi connectivity index (χ4v) is 2.63. The van der Waals surface area contributed by atoms with Crippen LogP contribution in [0, 0.1) is 6.92 Å². The molecular weight excluding hydrogens is 281 g/mol. The second kappa shape index (κ2) is 6.62. The molecule has 1 aliphatic heterocycles. The number of nitrogens with zero attached hydrogens (tertiary/aromatic N) is 3. The lowest BCUT2D eigenvalue weighted by atomic mass is 10.2. The summed E-state index contributed by atoms with van der Waals surface area (Å²) in [7, 11) is 1.88. The number of aromatic nitrogens is 1. The molecule has 1 aromatic rings. The van der Waals surface area contributed by atoms with Crippen molar-refractivity contribution in [2.24, 2.45) is 0 Å². The summed E-state index contributed by atoms with van der Waals surface area (Å²) in [5.41, 5.74) is 2.17. The fraction of sp³-hybridized carbons (Fsp3) is 0.643. The van der Waals surface area contributed by atoms with Crippen LogP contribution >= 0.6 is 0 Å². The highest BCUT2D eigenvalue weighted by molar-refractivity contribution is 5.47. The van der Waals surface area contributed by atoms with Crippen LogP contribution in [0.1, 0.15) is 11.1 Å². The molecule has 0 bridgehead atoms. The average Bonchev–Trinajstić information content (AvgIpc) is 2.39. The molecule has 0 saturated carbocycles. The predicted octanol–water partition coefficient (Wildman–Crippen LogP) is 1.79. The van der Waals surface area contributed by atoms with E-state index in [0.717, 1.165) is 23.5 Å². The number of halogens is 3. The van der Waals surface area contributed by atoms with Gasteiger partial charge in [0.1, 0.15) is 5.82 Å². The molecule has 4 nitrogen and oxygen atoms in total. The molecule has 118 valence electrons. The van der Waals surface area contributed by atoms with Crippen molar-refractivity contribution in [1.82, 2.24) is 15.2 Å². The van der Waals surface area contributed by atoms with E-state index in [1.54, 1.807) is 0 Å². The van der Waals surface area contributed by atoms with Gasteiger partial charge < -0.3 is 10.2 Å². The van der Waals surface area contributed by atoms with Gasteiger partial charge in [-0.05, 0) is 31.2 Å². The van der Waals surface area contributed by atoms with E-state index in [-0.39, 0.29) is 0 Å². The van der Waals surface area contributed by atoms with Gasteiger partial charge in [-0.1, -0.05) is 0 Å². The average molecular weight is 302 g/mol. The molecule has 0 aromatic carbocycles. The fourth-order valence-electron chi connectivity index (χ4n) is 2.63. The Morgan fingerprint density at radius 1 is 1.24 bits per heavy atom. The normalized spacial score (nSPS) is 17.3. The Balaban J connectivity index is 1.96. The lowest BCUT2D eigenvalue weighted by Crippen LogP contribution is -2.49. The Hall–Kier alpha value is -1.34. The van der Waals surface area contributed by atoms with E-state index in [1.807, 2.05) is 20.2 Å². The molecule has 7 heteroatoms. The van der Waals surface area contributed by atoms with E-state index in [1.165, 1.54) is 4.90 Å². The lowest BCUT2D eigenvalue weighted by Gasteiger charge is -2.36. The van der Waals surface area contributed by atoms with Crippen LogP contribution in [-0.4, -0.2) is 55.8 Å². The van der Waals surface area contributed by atoms with E-state index in [2.05, 4.69) is 21.3 Å². The minimum atomic E-state index is -4.12. The molecule has 0 unspecified atom stereocenters. The molecule has 2 heterocycles. The van der Waals surface area contributed by atoms with Crippen molar-refractivity contribution >= 4 is 5.82 Å². The molecule has 0 atom stereocenters. The number of hydrogen-bond donors (Lipinski definition) is 1. The van der Waals surface area contributed by atoms with E-state index in [9.17, 15) is 13.2 Å². The molecule has 21 heavy (non-hydrogen) atoms. The van der Waals surface area contributed by atoms with Gasteiger partial charge >= 0.3 is 6.18 Å². The zero-order valence-corrected chi connectivity index (χ0v) is 12.4. The second-order valence-corrected chi connectivity index (χ2v) is 5.39. The summed E-state index contributed by atoms with van der Waals surface area (Å²) in [5, 5.41) is 3.07. The Kier molecular flexibility index (Phi) is 5.05. The largest absolute Gasteiger partial charge is 0.401 e. The van der Waals surface area contributed by atoms with Gasteiger partial charge in [0.05, 0.1) is 6.54 Å². The minimum Gasteiger partial charge on any atom is -0.354 e. The summed E-state index contributed by atoms with van der Waals surface area (Å²) in [6.07, 6.45) is -2.30. The van der Waals surface area contributed by atoms with Gasteiger partial charge in [0.2, 0.25) is 0 Å². The first-order valence-electron chi connectivity index (χ1n) is 7.03. The van der Waals surface area contributed by atoms with Crippen molar-refractivity contribution in [3.05, 3.63) is 23.4 Å². The third-order valence-electron chi connectivity index (χ3n) is 3.56. The third kappa shape index (κ3) is 4.57. The first-order chi connectivity index (χ1) is 9.89.